The van der Waals surface area contributed by atoms with E-state index >= 15 is 0 Å². The van der Waals surface area contributed by atoms with E-state index in [0.717, 1.165) is 5.56 Å². The number of nitrogens with one attached hydrogen (secondary N) is 1. The van der Waals surface area contributed by atoms with Crippen LogP contribution in [0.4, 0.5) is 5.69 Å². The van der Waals surface area contributed by atoms with Crippen molar-refractivity contribution in [1.82, 2.24) is 0 Å². The molecule has 0 aliphatic heterocycles. The predicted molar refractivity (Wildman–Crippen MR) is 82.8 cm³/mol. The van der Waals surface area contributed by atoms with Crippen LogP contribution in [0.1, 0.15) is 18.1 Å². The summed E-state index contributed by atoms with van der Waals surface area (Å²) < 4.78 is 27.4. The van der Waals surface area contributed by atoms with Gasteiger partial charge in [0.25, 0.3) is 10.0 Å². The highest BCUT2D eigenvalue weighted by molar-refractivity contribution is 7.92. The van der Waals surface area contributed by atoms with Gasteiger partial charge < -0.3 is 0 Å². The van der Waals surface area contributed by atoms with E-state index in [1.165, 1.54) is 18.2 Å². The minimum atomic E-state index is -3.79. The second kappa shape index (κ2) is 6.17. The van der Waals surface area contributed by atoms with Crippen LogP contribution in [0.15, 0.2) is 47.4 Å². The molecule has 0 fully saturated rings. The summed E-state index contributed by atoms with van der Waals surface area (Å²) in [6, 6.07) is 13.2. The van der Waals surface area contributed by atoms with Crippen LogP contribution in [0.3, 0.4) is 0 Å². The molecule has 4 nitrogen and oxygen atoms in total. The van der Waals surface area contributed by atoms with Crippen LogP contribution < -0.4 is 4.72 Å². The highest BCUT2D eigenvalue weighted by Gasteiger charge is 2.19. The molecule has 1 N–H and O–H groups in total. The van der Waals surface area contributed by atoms with Gasteiger partial charge in [-0.25, -0.2) is 8.42 Å². The second-order valence-electron chi connectivity index (χ2n) is 4.37. The molecule has 2 aromatic rings. The zero-order valence-corrected chi connectivity index (χ0v) is 12.9. The number of aryl methyl sites for hydroxylation is 1. The monoisotopic (exact) mass is 320 g/mol. The Morgan fingerprint density at radius 2 is 1.95 bits per heavy atom. The Balaban J connectivity index is 2.42. The van der Waals surface area contributed by atoms with Crippen molar-refractivity contribution in [3.05, 3.63) is 58.6 Å². The number of sulfonamides is 1. The summed E-state index contributed by atoms with van der Waals surface area (Å²) in [4.78, 5) is -0.0472. The quantitative estimate of drug-likeness (QED) is 0.936. The van der Waals surface area contributed by atoms with Gasteiger partial charge in [0.1, 0.15) is 4.90 Å². The first kappa shape index (κ1) is 15.4. The Hall–Kier alpha value is -2.03. The fourth-order valence-electron chi connectivity index (χ4n) is 1.92. The molecule has 2 aromatic carbocycles. The lowest BCUT2D eigenvalue weighted by Gasteiger charge is -2.12. The van der Waals surface area contributed by atoms with E-state index in [9.17, 15) is 8.42 Å². The lowest BCUT2D eigenvalue weighted by atomic mass is 10.1. The van der Waals surface area contributed by atoms with E-state index in [1.807, 2.05) is 25.1 Å². The zero-order chi connectivity index (χ0) is 15.5. The molecule has 21 heavy (non-hydrogen) atoms. The number of para-hydroxylation sites is 1. The van der Waals surface area contributed by atoms with Crippen LogP contribution in [0, 0.1) is 11.3 Å². The maximum absolute atomic E-state index is 12.4. The summed E-state index contributed by atoms with van der Waals surface area (Å²) in [5.41, 5.74) is 1.74. The third-order valence-electron chi connectivity index (χ3n) is 2.99. The Labute approximate surface area is 129 Å². The standard InChI is InChI=1S/C15H13ClN2O2S/c1-2-12-5-3-4-6-14(12)18-21(19,20)15-8-7-11(10-17)9-13(15)16/h3-9,18H,2H2,1H3. The van der Waals surface area contributed by atoms with Crippen molar-refractivity contribution < 1.29 is 8.42 Å². The maximum atomic E-state index is 12.4. The van der Waals surface area contributed by atoms with Gasteiger partial charge in [-0.3, -0.25) is 4.72 Å². The Kier molecular flexibility index (Phi) is 4.51. The van der Waals surface area contributed by atoms with E-state index in [0.29, 0.717) is 17.7 Å². The minimum absolute atomic E-state index is 0.0236. The predicted octanol–water partition coefficient (Wildman–Crippen LogP) is 3.57. The topological polar surface area (TPSA) is 70.0 Å². The fourth-order valence-corrected chi connectivity index (χ4v) is 3.56. The third-order valence-corrected chi connectivity index (χ3v) is 4.84. The van der Waals surface area contributed by atoms with Crippen LogP contribution in [0.5, 0.6) is 0 Å². The van der Waals surface area contributed by atoms with Gasteiger partial charge in [-0.15, -0.1) is 0 Å². The summed E-state index contributed by atoms with van der Waals surface area (Å²) >= 11 is 5.96. The molecule has 0 aliphatic carbocycles. The molecule has 0 radical (unpaired) electrons. The molecule has 0 bridgehead atoms. The van der Waals surface area contributed by atoms with Crippen LogP contribution in [-0.4, -0.2) is 8.42 Å². The van der Waals surface area contributed by atoms with Gasteiger partial charge in [0.15, 0.2) is 0 Å². The molecule has 0 saturated heterocycles. The van der Waals surface area contributed by atoms with Gasteiger partial charge in [-0.1, -0.05) is 36.7 Å². The van der Waals surface area contributed by atoms with Gasteiger partial charge in [0.2, 0.25) is 0 Å². The average molecular weight is 321 g/mol. The molecule has 0 spiro atoms. The summed E-state index contributed by atoms with van der Waals surface area (Å²) in [5, 5.41) is 8.81. The number of nitrogens with zero attached hydrogens (tertiary/aromatic N) is 1. The fraction of sp³-hybridized carbons (Fsp3) is 0.133. The smallest absolute Gasteiger partial charge is 0.263 e. The Morgan fingerprint density at radius 1 is 1.24 bits per heavy atom. The van der Waals surface area contributed by atoms with Crippen molar-refractivity contribution in [3.8, 4) is 6.07 Å². The SMILES string of the molecule is CCc1ccccc1NS(=O)(=O)c1ccc(C#N)cc1Cl. The number of hydrogen-bond donors (Lipinski definition) is 1. The Bertz CT molecular complexity index is 811. The first-order valence-corrected chi connectivity index (χ1v) is 8.14. The highest BCUT2D eigenvalue weighted by Crippen LogP contribution is 2.26. The summed E-state index contributed by atoms with van der Waals surface area (Å²) in [7, 11) is -3.79. The summed E-state index contributed by atoms with van der Waals surface area (Å²) in [6.45, 7) is 1.95. The number of rotatable bonds is 4. The minimum Gasteiger partial charge on any atom is -0.279 e. The molecule has 2 rings (SSSR count). The zero-order valence-electron chi connectivity index (χ0n) is 11.3. The number of nitriles is 1. The molecule has 0 unspecified atom stereocenters. The van der Waals surface area contributed by atoms with Crippen LogP contribution in [-0.2, 0) is 16.4 Å². The van der Waals surface area contributed by atoms with E-state index in [-0.39, 0.29) is 9.92 Å². The molecule has 0 aromatic heterocycles. The molecule has 0 amide bonds. The maximum Gasteiger partial charge on any atom is 0.263 e. The van der Waals surface area contributed by atoms with Gasteiger partial charge >= 0.3 is 0 Å². The van der Waals surface area contributed by atoms with Crippen LogP contribution in [0.25, 0.3) is 0 Å². The lowest BCUT2D eigenvalue weighted by molar-refractivity contribution is 0.601. The molecular weight excluding hydrogens is 308 g/mol. The normalized spacial score (nSPS) is 10.9. The Morgan fingerprint density at radius 3 is 2.57 bits per heavy atom. The van der Waals surface area contributed by atoms with Gasteiger partial charge in [0, 0.05) is 0 Å². The van der Waals surface area contributed by atoms with Gasteiger partial charge in [-0.2, -0.15) is 5.26 Å². The molecular formula is C15H13ClN2O2S. The van der Waals surface area contributed by atoms with Crippen molar-refractivity contribution in [3.63, 3.8) is 0 Å². The van der Waals surface area contributed by atoms with Crippen molar-refractivity contribution in [2.75, 3.05) is 4.72 Å². The van der Waals surface area contributed by atoms with Crippen LogP contribution in [0.2, 0.25) is 5.02 Å². The number of halogens is 1. The van der Waals surface area contributed by atoms with Crippen molar-refractivity contribution in [2.45, 2.75) is 18.2 Å². The summed E-state index contributed by atoms with van der Waals surface area (Å²) in [5.74, 6) is 0. The van der Waals surface area contributed by atoms with Crippen LogP contribution >= 0.6 is 11.6 Å². The molecule has 0 aliphatic rings. The van der Waals surface area contributed by atoms with Crippen molar-refractivity contribution in [2.24, 2.45) is 0 Å². The summed E-state index contributed by atoms with van der Waals surface area (Å²) in [6.07, 6.45) is 0.708. The molecule has 0 saturated carbocycles. The van der Waals surface area contributed by atoms with E-state index in [1.54, 1.807) is 12.1 Å². The lowest BCUT2D eigenvalue weighted by Crippen LogP contribution is -2.14. The van der Waals surface area contributed by atoms with E-state index < -0.39 is 10.0 Å². The van der Waals surface area contributed by atoms with Crippen molar-refractivity contribution in [1.29, 1.82) is 5.26 Å². The van der Waals surface area contributed by atoms with Gasteiger partial charge in [-0.05, 0) is 36.2 Å². The van der Waals surface area contributed by atoms with E-state index in [4.69, 9.17) is 16.9 Å². The number of hydrogen-bond acceptors (Lipinski definition) is 3. The molecule has 0 atom stereocenters. The molecule has 6 heteroatoms. The average Bonchev–Trinajstić information content (AvgIpc) is 2.47. The first-order valence-electron chi connectivity index (χ1n) is 6.28. The van der Waals surface area contributed by atoms with Gasteiger partial charge in [0.05, 0.1) is 22.3 Å². The second-order valence-corrected chi connectivity index (χ2v) is 6.43. The highest BCUT2D eigenvalue weighted by atomic mass is 35.5. The largest absolute Gasteiger partial charge is 0.279 e. The number of anilines is 1. The number of benzene rings is 2. The van der Waals surface area contributed by atoms with Crippen molar-refractivity contribution >= 4 is 27.3 Å². The first-order chi connectivity index (χ1) is 9.97. The molecule has 0 heterocycles. The molecule has 108 valence electrons. The third kappa shape index (κ3) is 3.35. The van der Waals surface area contributed by atoms with E-state index in [2.05, 4.69) is 4.72 Å².